The van der Waals surface area contributed by atoms with E-state index in [1.54, 1.807) is 13.2 Å². The number of aromatic hydroxyl groups is 1. The number of piperidine rings is 1. The van der Waals surface area contributed by atoms with Crippen LogP contribution in [-0.2, 0) is 21.4 Å². The van der Waals surface area contributed by atoms with Crippen molar-refractivity contribution < 1.29 is 24.1 Å². The summed E-state index contributed by atoms with van der Waals surface area (Å²) in [6.45, 7) is 8.55. The van der Waals surface area contributed by atoms with Gasteiger partial charge in [-0.3, -0.25) is 9.69 Å². The standard InChI is InChI=1S/C28H40N2O5/c1-27(2,3)35-23(32)9-11-29-19-8-7-18-20-13-17-22(33-4)14-21(31)25-24(17)28(18,26(19)34-25)10-12-30(20)15-16-5-6-16/h14,16,18-20,26,29,31H,5-13,15H2,1-4H3/t18-,19+,20+,26-,28-/m0/s1. The van der Waals surface area contributed by atoms with Gasteiger partial charge in [-0.1, -0.05) is 0 Å². The van der Waals surface area contributed by atoms with Gasteiger partial charge in [0.15, 0.2) is 11.5 Å². The van der Waals surface area contributed by atoms with E-state index in [2.05, 4.69) is 10.2 Å². The summed E-state index contributed by atoms with van der Waals surface area (Å²) in [7, 11) is 1.70. The van der Waals surface area contributed by atoms with Gasteiger partial charge >= 0.3 is 5.97 Å². The molecule has 1 spiro atoms. The Labute approximate surface area is 208 Å². The number of hydrogen-bond donors (Lipinski definition) is 2. The smallest absolute Gasteiger partial charge is 0.307 e. The molecule has 7 nitrogen and oxygen atoms in total. The van der Waals surface area contributed by atoms with E-state index < -0.39 is 5.60 Å². The highest BCUT2D eigenvalue weighted by Gasteiger charge is 2.66. The maximum Gasteiger partial charge on any atom is 0.307 e. The molecule has 1 aromatic carbocycles. The average molecular weight is 485 g/mol. The summed E-state index contributed by atoms with van der Waals surface area (Å²) in [6.07, 6.45) is 7.19. The number of carbonyl (C=O) groups is 1. The van der Waals surface area contributed by atoms with Crippen LogP contribution >= 0.6 is 0 Å². The second-order valence-electron chi connectivity index (χ2n) is 12.4. The molecule has 3 aliphatic carbocycles. The summed E-state index contributed by atoms with van der Waals surface area (Å²) in [5.41, 5.74) is 1.87. The Morgan fingerprint density at radius 2 is 2.09 bits per heavy atom. The van der Waals surface area contributed by atoms with Crippen molar-refractivity contribution in [2.75, 3.05) is 26.7 Å². The molecule has 5 aliphatic rings. The zero-order valence-corrected chi connectivity index (χ0v) is 21.6. The molecular formula is C28H40N2O5. The number of nitrogens with one attached hydrogen (secondary N) is 1. The molecule has 35 heavy (non-hydrogen) atoms. The van der Waals surface area contributed by atoms with Gasteiger partial charge in [-0.2, -0.15) is 0 Å². The van der Waals surface area contributed by atoms with Crippen LogP contribution in [0.3, 0.4) is 0 Å². The number of ether oxygens (including phenoxy) is 3. The Kier molecular flexibility index (Phi) is 5.53. The number of methoxy groups -OCH3 is 1. The quantitative estimate of drug-likeness (QED) is 0.573. The number of nitrogens with zero attached hydrogens (tertiary/aromatic N) is 1. The van der Waals surface area contributed by atoms with Gasteiger partial charge in [0, 0.05) is 47.8 Å². The molecular weight excluding hydrogens is 444 g/mol. The van der Waals surface area contributed by atoms with Crippen LogP contribution in [0.1, 0.15) is 70.4 Å². The first-order valence-electron chi connectivity index (χ1n) is 13.5. The predicted octanol–water partition coefficient (Wildman–Crippen LogP) is 3.54. The lowest BCUT2D eigenvalue weighted by Gasteiger charge is -2.59. The van der Waals surface area contributed by atoms with E-state index in [1.165, 1.54) is 30.5 Å². The van der Waals surface area contributed by atoms with Crippen LogP contribution in [0.25, 0.3) is 0 Å². The lowest BCUT2D eigenvalue weighted by molar-refractivity contribution is -0.154. The number of benzene rings is 1. The molecule has 0 amide bonds. The van der Waals surface area contributed by atoms with Crippen molar-refractivity contribution in [3.05, 3.63) is 17.2 Å². The lowest BCUT2D eigenvalue weighted by Crippen LogP contribution is -2.68. The number of esters is 1. The minimum absolute atomic E-state index is 0.0440. The second-order valence-corrected chi connectivity index (χ2v) is 12.4. The van der Waals surface area contributed by atoms with Crippen LogP contribution in [-0.4, -0.2) is 66.5 Å². The minimum Gasteiger partial charge on any atom is -0.504 e. The van der Waals surface area contributed by atoms with Gasteiger partial charge in [-0.15, -0.1) is 0 Å². The first-order valence-corrected chi connectivity index (χ1v) is 13.5. The van der Waals surface area contributed by atoms with Crippen molar-refractivity contribution in [1.82, 2.24) is 10.2 Å². The Morgan fingerprint density at radius 3 is 2.80 bits per heavy atom. The van der Waals surface area contributed by atoms with E-state index in [1.807, 2.05) is 20.8 Å². The van der Waals surface area contributed by atoms with Crippen LogP contribution in [0, 0.1) is 11.8 Å². The second kappa shape index (κ2) is 8.27. The molecule has 1 aromatic rings. The van der Waals surface area contributed by atoms with E-state index in [0.717, 1.165) is 43.9 Å². The van der Waals surface area contributed by atoms with Crippen LogP contribution < -0.4 is 14.8 Å². The van der Waals surface area contributed by atoms with E-state index in [9.17, 15) is 9.90 Å². The Balaban J connectivity index is 1.30. The monoisotopic (exact) mass is 484 g/mol. The normalized spacial score (nSPS) is 33.1. The van der Waals surface area contributed by atoms with Crippen molar-refractivity contribution >= 4 is 5.97 Å². The van der Waals surface area contributed by atoms with Gasteiger partial charge in [0.05, 0.1) is 13.5 Å². The highest BCUT2D eigenvalue weighted by atomic mass is 16.6. The first kappa shape index (κ1) is 23.4. The molecule has 2 bridgehead atoms. The van der Waals surface area contributed by atoms with E-state index in [4.69, 9.17) is 14.2 Å². The Bertz CT molecular complexity index is 1020. The maximum absolute atomic E-state index is 12.3. The Hall–Kier alpha value is -1.99. The van der Waals surface area contributed by atoms with Crippen LogP contribution in [0.2, 0.25) is 0 Å². The van der Waals surface area contributed by atoms with Crippen molar-refractivity contribution in [2.45, 2.75) is 94.9 Å². The largest absolute Gasteiger partial charge is 0.504 e. The van der Waals surface area contributed by atoms with Gasteiger partial charge in [0.1, 0.15) is 17.5 Å². The van der Waals surface area contributed by atoms with Crippen LogP contribution in [0.15, 0.2) is 6.07 Å². The van der Waals surface area contributed by atoms with Crippen LogP contribution in [0.4, 0.5) is 0 Å². The van der Waals surface area contributed by atoms with Crippen molar-refractivity contribution in [3.8, 4) is 17.2 Å². The fraction of sp³-hybridized carbons (Fsp3) is 0.750. The molecule has 2 N–H and O–H groups in total. The highest BCUT2D eigenvalue weighted by molar-refractivity contribution is 5.70. The van der Waals surface area contributed by atoms with Crippen molar-refractivity contribution in [3.63, 3.8) is 0 Å². The fourth-order valence-corrected chi connectivity index (χ4v) is 7.68. The fourth-order valence-electron chi connectivity index (χ4n) is 7.68. The van der Waals surface area contributed by atoms with Gasteiger partial charge in [0.25, 0.3) is 0 Å². The molecule has 2 aliphatic heterocycles. The molecule has 3 fully saturated rings. The summed E-state index contributed by atoms with van der Waals surface area (Å²) < 4.78 is 18.0. The molecule has 7 heteroatoms. The summed E-state index contributed by atoms with van der Waals surface area (Å²) in [6, 6.07) is 2.37. The number of phenolic OH excluding ortho intramolecular Hbond substituents is 1. The third-order valence-corrected chi connectivity index (χ3v) is 9.09. The molecule has 5 atom stereocenters. The zero-order valence-electron chi connectivity index (χ0n) is 21.6. The van der Waals surface area contributed by atoms with Gasteiger partial charge in [0.2, 0.25) is 0 Å². The molecule has 6 rings (SSSR count). The third kappa shape index (κ3) is 3.81. The first-order chi connectivity index (χ1) is 16.7. The third-order valence-electron chi connectivity index (χ3n) is 9.09. The number of likely N-dealkylation sites (tertiary alicyclic amines) is 1. The summed E-state index contributed by atoms with van der Waals surface area (Å²) in [5, 5.41) is 14.6. The molecule has 192 valence electrons. The van der Waals surface area contributed by atoms with Crippen LogP contribution in [0.5, 0.6) is 17.2 Å². The molecule has 0 aromatic heterocycles. The topological polar surface area (TPSA) is 80.3 Å². The number of phenols is 1. The van der Waals surface area contributed by atoms with Gasteiger partial charge in [-0.05, 0) is 77.7 Å². The average Bonchev–Trinajstić information content (AvgIpc) is 3.54. The summed E-state index contributed by atoms with van der Waals surface area (Å²) >= 11 is 0. The maximum atomic E-state index is 12.3. The predicted molar refractivity (Wildman–Crippen MR) is 132 cm³/mol. The van der Waals surface area contributed by atoms with E-state index in [0.29, 0.717) is 30.7 Å². The number of hydrogen-bond acceptors (Lipinski definition) is 7. The highest BCUT2D eigenvalue weighted by Crippen LogP contribution is 2.65. The van der Waals surface area contributed by atoms with Crippen molar-refractivity contribution in [1.29, 1.82) is 0 Å². The molecule has 2 heterocycles. The number of rotatable bonds is 7. The van der Waals surface area contributed by atoms with Gasteiger partial charge in [-0.25, -0.2) is 0 Å². The van der Waals surface area contributed by atoms with Crippen molar-refractivity contribution in [2.24, 2.45) is 11.8 Å². The SMILES string of the molecule is COc1cc(O)c2c3c1C[C@@H]1[C@@H]4CC[C@@H](NCCC(=O)OC(C)(C)C)[C@H](O2)[C@]34CCN1CC1CC1. The van der Waals surface area contributed by atoms with E-state index in [-0.39, 0.29) is 29.3 Å². The minimum atomic E-state index is -0.469. The zero-order chi connectivity index (χ0) is 24.5. The van der Waals surface area contributed by atoms with E-state index >= 15 is 0 Å². The Morgan fingerprint density at radius 1 is 1.29 bits per heavy atom. The van der Waals surface area contributed by atoms with Gasteiger partial charge < -0.3 is 24.6 Å². The number of carbonyl (C=O) groups excluding carboxylic acids is 1. The summed E-state index contributed by atoms with van der Waals surface area (Å²) in [4.78, 5) is 15.0. The summed E-state index contributed by atoms with van der Waals surface area (Å²) in [5.74, 6) is 2.86. The lowest BCUT2D eigenvalue weighted by atomic mass is 9.51. The molecule has 0 unspecified atom stereocenters. The molecule has 0 radical (unpaired) electrons. The molecule has 2 saturated carbocycles. The molecule has 1 saturated heterocycles.